The van der Waals surface area contributed by atoms with E-state index in [9.17, 15) is 13.2 Å². The lowest BCUT2D eigenvalue weighted by molar-refractivity contribution is -0.153. The SMILES string of the molecule is C=C(C)CN1CCC(NCc2ccc(OCC(F)(F)F)cc2)CC1. The van der Waals surface area contributed by atoms with Gasteiger partial charge in [-0.05, 0) is 50.6 Å². The molecule has 1 aliphatic rings. The van der Waals surface area contributed by atoms with E-state index in [1.807, 2.05) is 6.92 Å². The van der Waals surface area contributed by atoms with Gasteiger partial charge in [-0.15, -0.1) is 0 Å². The predicted molar refractivity (Wildman–Crippen MR) is 89.1 cm³/mol. The summed E-state index contributed by atoms with van der Waals surface area (Å²) in [5.41, 5.74) is 2.23. The molecule has 24 heavy (non-hydrogen) atoms. The summed E-state index contributed by atoms with van der Waals surface area (Å²) in [6.07, 6.45) is -2.11. The summed E-state index contributed by atoms with van der Waals surface area (Å²) in [4.78, 5) is 2.41. The Morgan fingerprint density at radius 2 is 1.88 bits per heavy atom. The van der Waals surface area contributed by atoms with Crippen LogP contribution >= 0.6 is 0 Å². The molecule has 1 saturated heterocycles. The van der Waals surface area contributed by atoms with Crippen LogP contribution in [0.4, 0.5) is 13.2 Å². The lowest BCUT2D eigenvalue weighted by Crippen LogP contribution is -2.42. The summed E-state index contributed by atoms with van der Waals surface area (Å²) in [6.45, 7) is 8.55. The molecule has 0 aromatic heterocycles. The molecule has 0 radical (unpaired) electrons. The Morgan fingerprint density at radius 3 is 2.42 bits per heavy atom. The zero-order valence-corrected chi connectivity index (χ0v) is 14.0. The van der Waals surface area contributed by atoms with E-state index in [4.69, 9.17) is 4.74 Å². The number of hydrogen-bond donors (Lipinski definition) is 1. The van der Waals surface area contributed by atoms with E-state index in [0.717, 1.165) is 38.0 Å². The molecule has 1 aliphatic heterocycles. The van der Waals surface area contributed by atoms with Gasteiger partial charge in [0.1, 0.15) is 5.75 Å². The van der Waals surface area contributed by atoms with Crippen molar-refractivity contribution in [2.45, 2.75) is 38.5 Å². The molecular weight excluding hydrogens is 317 g/mol. The van der Waals surface area contributed by atoms with Crippen LogP contribution in [0, 0.1) is 0 Å². The third-order valence-electron chi connectivity index (χ3n) is 4.00. The Kier molecular flexibility index (Phi) is 6.69. The number of ether oxygens (including phenoxy) is 1. The first-order valence-electron chi connectivity index (χ1n) is 8.20. The first-order chi connectivity index (χ1) is 11.3. The fourth-order valence-electron chi connectivity index (χ4n) is 2.81. The van der Waals surface area contributed by atoms with E-state index in [0.29, 0.717) is 12.6 Å². The van der Waals surface area contributed by atoms with Crippen molar-refractivity contribution < 1.29 is 17.9 Å². The fraction of sp³-hybridized carbons (Fsp3) is 0.556. The highest BCUT2D eigenvalue weighted by Crippen LogP contribution is 2.19. The number of likely N-dealkylation sites (tertiary alicyclic amines) is 1. The third-order valence-corrected chi connectivity index (χ3v) is 4.00. The molecule has 3 nitrogen and oxygen atoms in total. The monoisotopic (exact) mass is 342 g/mol. The van der Waals surface area contributed by atoms with Gasteiger partial charge < -0.3 is 10.1 Å². The maximum Gasteiger partial charge on any atom is 0.422 e. The Bertz CT molecular complexity index is 520. The summed E-state index contributed by atoms with van der Waals surface area (Å²) in [6, 6.07) is 7.24. The molecule has 1 N–H and O–H groups in total. The van der Waals surface area contributed by atoms with Crippen molar-refractivity contribution in [1.82, 2.24) is 10.2 Å². The molecule has 134 valence electrons. The highest BCUT2D eigenvalue weighted by atomic mass is 19.4. The van der Waals surface area contributed by atoms with Crippen molar-refractivity contribution in [2.75, 3.05) is 26.2 Å². The quantitative estimate of drug-likeness (QED) is 0.764. The maximum absolute atomic E-state index is 12.1. The number of alkyl halides is 3. The molecule has 1 fully saturated rings. The van der Waals surface area contributed by atoms with Crippen LogP contribution in [-0.2, 0) is 6.54 Å². The number of nitrogens with zero attached hydrogens (tertiary/aromatic N) is 1. The summed E-state index contributed by atoms with van der Waals surface area (Å²) < 4.78 is 41.0. The second-order valence-electron chi connectivity index (χ2n) is 6.44. The van der Waals surface area contributed by atoms with E-state index < -0.39 is 12.8 Å². The average molecular weight is 342 g/mol. The molecule has 0 amide bonds. The average Bonchev–Trinajstić information content (AvgIpc) is 2.52. The number of rotatable bonds is 7. The van der Waals surface area contributed by atoms with Crippen LogP contribution in [0.25, 0.3) is 0 Å². The minimum Gasteiger partial charge on any atom is -0.484 e. The smallest absolute Gasteiger partial charge is 0.422 e. The molecule has 0 atom stereocenters. The molecule has 2 rings (SSSR count). The van der Waals surface area contributed by atoms with Crippen LogP contribution in [0.2, 0.25) is 0 Å². The van der Waals surface area contributed by atoms with Gasteiger partial charge in [-0.25, -0.2) is 0 Å². The van der Waals surface area contributed by atoms with Crippen molar-refractivity contribution >= 4 is 0 Å². The third kappa shape index (κ3) is 6.93. The molecule has 6 heteroatoms. The van der Waals surface area contributed by atoms with Crippen LogP contribution in [0.15, 0.2) is 36.4 Å². The Labute approximate surface area is 141 Å². The maximum atomic E-state index is 12.1. The zero-order valence-electron chi connectivity index (χ0n) is 14.0. The molecule has 1 aromatic carbocycles. The largest absolute Gasteiger partial charge is 0.484 e. The molecule has 1 aromatic rings. The predicted octanol–water partition coefficient (Wildman–Crippen LogP) is 3.76. The Morgan fingerprint density at radius 1 is 1.25 bits per heavy atom. The van der Waals surface area contributed by atoms with E-state index in [-0.39, 0.29) is 5.75 Å². The van der Waals surface area contributed by atoms with Crippen molar-refractivity contribution in [2.24, 2.45) is 0 Å². The topological polar surface area (TPSA) is 24.5 Å². The number of halogens is 3. The van der Waals surface area contributed by atoms with Crippen molar-refractivity contribution in [3.8, 4) is 5.75 Å². The Balaban J connectivity index is 1.70. The summed E-state index contributed by atoms with van der Waals surface area (Å²) in [7, 11) is 0. The standard InChI is InChI=1S/C18H25F3N2O/c1-14(2)12-23-9-7-16(8-10-23)22-11-15-3-5-17(6-4-15)24-13-18(19,20)21/h3-6,16,22H,1,7-13H2,2H3. The molecule has 0 saturated carbocycles. The second-order valence-corrected chi connectivity index (χ2v) is 6.44. The second kappa shape index (κ2) is 8.53. The van der Waals surface area contributed by atoms with E-state index >= 15 is 0 Å². The van der Waals surface area contributed by atoms with Gasteiger partial charge in [0.25, 0.3) is 0 Å². The van der Waals surface area contributed by atoms with Gasteiger partial charge in [0, 0.05) is 19.1 Å². The van der Waals surface area contributed by atoms with Crippen molar-refractivity contribution in [3.63, 3.8) is 0 Å². The van der Waals surface area contributed by atoms with Crippen LogP contribution in [0.1, 0.15) is 25.3 Å². The van der Waals surface area contributed by atoms with Crippen LogP contribution < -0.4 is 10.1 Å². The summed E-state index contributed by atoms with van der Waals surface area (Å²) in [5, 5.41) is 3.52. The minimum absolute atomic E-state index is 0.240. The highest BCUT2D eigenvalue weighted by molar-refractivity contribution is 5.27. The molecule has 0 unspecified atom stereocenters. The van der Waals surface area contributed by atoms with Gasteiger partial charge in [-0.3, -0.25) is 4.90 Å². The summed E-state index contributed by atoms with van der Waals surface area (Å²) >= 11 is 0. The van der Waals surface area contributed by atoms with Crippen LogP contribution in [-0.4, -0.2) is 43.4 Å². The van der Waals surface area contributed by atoms with Gasteiger partial charge in [0.2, 0.25) is 0 Å². The molecular formula is C18H25F3N2O. The van der Waals surface area contributed by atoms with Gasteiger partial charge in [-0.1, -0.05) is 24.3 Å². The van der Waals surface area contributed by atoms with Gasteiger partial charge >= 0.3 is 6.18 Å². The number of hydrogen-bond acceptors (Lipinski definition) is 3. The van der Waals surface area contributed by atoms with Crippen LogP contribution in [0.3, 0.4) is 0 Å². The number of benzene rings is 1. The lowest BCUT2D eigenvalue weighted by Gasteiger charge is -2.32. The molecule has 0 bridgehead atoms. The number of piperidine rings is 1. The first-order valence-corrected chi connectivity index (χ1v) is 8.20. The van der Waals surface area contributed by atoms with Crippen molar-refractivity contribution in [3.05, 3.63) is 42.0 Å². The fourth-order valence-corrected chi connectivity index (χ4v) is 2.81. The lowest BCUT2D eigenvalue weighted by atomic mass is 10.0. The molecule has 0 spiro atoms. The molecule has 1 heterocycles. The van der Waals surface area contributed by atoms with E-state index in [1.54, 1.807) is 24.3 Å². The summed E-state index contributed by atoms with van der Waals surface area (Å²) in [5.74, 6) is 0.240. The minimum atomic E-state index is -4.31. The van der Waals surface area contributed by atoms with Crippen LogP contribution in [0.5, 0.6) is 5.75 Å². The van der Waals surface area contributed by atoms with Gasteiger partial charge in [-0.2, -0.15) is 13.2 Å². The Hall–Kier alpha value is -1.53. The van der Waals surface area contributed by atoms with E-state index in [2.05, 4.69) is 16.8 Å². The number of nitrogens with one attached hydrogen (secondary N) is 1. The van der Waals surface area contributed by atoms with Gasteiger partial charge in [0.05, 0.1) is 0 Å². The van der Waals surface area contributed by atoms with E-state index in [1.165, 1.54) is 5.57 Å². The first kappa shape index (κ1) is 18.8. The normalized spacial score (nSPS) is 17.0. The van der Waals surface area contributed by atoms with Crippen molar-refractivity contribution in [1.29, 1.82) is 0 Å². The zero-order chi connectivity index (χ0) is 17.6. The molecule has 0 aliphatic carbocycles. The van der Waals surface area contributed by atoms with Gasteiger partial charge in [0.15, 0.2) is 6.61 Å². The highest BCUT2D eigenvalue weighted by Gasteiger charge is 2.28.